The fourth-order valence-electron chi connectivity index (χ4n) is 2.78. The number of ether oxygens (including phenoxy) is 1. The van der Waals surface area contributed by atoms with Crippen molar-refractivity contribution in [2.24, 2.45) is 11.3 Å². The minimum Gasteiger partial charge on any atom is -0.383 e. The van der Waals surface area contributed by atoms with Gasteiger partial charge in [0.15, 0.2) is 0 Å². The average molecular weight is 316 g/mol. The molecule has 112 valence electrons. The van der Waals surface area contributed by atoms with Gasteiger partial charge in [-0.1, -0.05) is 36.2 Å². The van der Waals surface area contributed by atoms with E-state index in [1.54, 1.807) is 7.11 Å². The monoisotopic (exact) mass is 315 g/mol. The zero-order valence-electron chi connectivity index (χ0n) is 12.2. The average Bonchev–Trinajstić information content (AvgIpc) is 3.23. The van der Waals surface area contributed by atoms with Crippen molar-refractivity contribution in [2.45, 2.75) is 26.2 Å². The SMILES string of the molecule is COCCNCC(C)(Cc1ccc(Cl)cc1Cl)C1CC1. The van der Waals surface area contributed by atoms with E-state index in [-0.39, 0.29) is 5.41 Å². The number of nitrogens with one attached hydrogen (secondary N) is 1. The summed E-state index contributed by atoms with van der Waals surface area (Å²) in [5.74, 6) is 0.796. The van der Waals surface area contributed by atoms with Crippen LogP contribution in [0.15, 0.2) is 18.2 Å². The molecular formula is C16H23Cl2NO. The Bertz CT molecular complexity index is 448. The van der Waals surface area contributed by atoms with Gasteiger partial charge < -0.3 is 10.1 Å². The molecule has 0 spiro atoms. The third kappa shape index (κ3) is 4.36. The highest BCUT2D eigenvalue weighted by Crippen LogP contribution is 2.47. The van der Waals surface area contributed by atoms with Crippen LogP contribution < -0.4 is 5.32 Å². The summed E-state index contributed by atoms with van der Waals surface area (Å²) in [5.41, 5.74) is 1.45. The molecule has 1 aromatic rings. The lowest BCUT2D eigenvalue weighted by Gasteiger charge is -2.31. The van der Waals surface area contributed by atoms with Crippen molar-refractivity contribution < 1.29 is 4.74 Å². The predicted octanol–water partition coefficient (Wildman–Crippen LogP) is 4.19. The Labute approximate surface area is 131 Å². The van der Waals surface area contributed by atoms with E-state index >= 15 is 0 Å². The molecule has 1 aromatic carbocycles. The maximum Gasteiger partial charge on any atom is 0.0587 e. The molecule has 0 bridgehead atoms. The van der Waals surface area contributed by atoms with Gasteiger partial charge in [0.2, 0.25) is 0 Å². The van der Waals surface area contributed by atoms with E-state index in [0.717, 1.165) is 37.1 Å². The highest BCUT2D eigenvalue weighted by molar-refractivity contribution is 6.35. The van der Waals surface area contributed by atoms with Crippen molar-refractivity contribution in [3.8, 4) is 0 Å². The van der Waals surface area contributed by atoms with Crippen LogP contribution in [0.3, 0.4) is 0 Å². The van der Waals surface area contributed by atoms with Gasteiger partial charge in [0, 0.05) is 30.2 Å². The van der Waals surface area contributed by atoms with E-state index in [9.17, 15) is 0 Å². The van der Waals surface area contributed by atoms with Gasteiger partial charge in [-0.15, -0.1) is 0 Å². The lowest BCUT2D eigenvalue weighted by atomic mass is 9.79. The Hall–Kier alpha value is -0.280. The first kappa shape index (κ1) is 16.1. The number of hydrogen-bond donors (Lipinski definition) is 1. The van der Waals surface area contributed by atoms with Crippen LogP contribution in [0.25, 0.3) is 0 Å². The van der Waals surface area contributed by atoms with Crippen LogP contribution in [0.1, 0.15) is 25.3 Å². The number of hydrogen-bond acceptors (Lipinski definition) is 2. The van der Waals surface area contributed by atoms with Crippen LogP contribution in [0.4, 0.5) is 0 Å². The highest BCUT2D eigenvalue weighted by atomic mass is 35.5. The van der Waals surface area contributed by atoms with Crippen LogP contribution in [-0.2, 0) is 11.2 Å². The van der Waals surface area contributed by atoms with Crippen LogP contribution in [-0.4, -0.2) is 26.8 Å². The first-order valence-electron chi connectivity index (χ1n) is 7.19. The number of benzene rings is 1. The summed E-state index contributed by atoms with van der Waals surface area (Å²) >= 11 is 12.3. The Kier molecular flexibility index (Phi) is 5.74. The molecule has 1 aliphatic rings. The zero-order valence-corrected chi connectivity index (χ0v) is 13.7. The molecule has 0 aliphatic heterocycles. The summed E-state index contributed by atoms with van der Waals surface area (Å²) in [6.45, 7) is 5.00. The van der Waals surface area contributed by atoms with E-state index < -0.39 is 0 Å². The van der Waals surface area contributed by atoms with Crippen molar-refractivity contribution in [3.63, 3.8) is 0 Å². The molecule has 4 heteroatoms. The van der Waals surface area contributed by atoms with Crippen molar-refractivity contribution in [1.82, 2.24) is 5.32 Å². The van der Waals surface area contributed by atoms with Crippen LogP contribution in [0.2, 0.25) is 10.0 Å². The summed E-state index contributed by atoms with van der Waals surface area (Å²) < 4.78 is 5.08. The fraction of sp³-hybridized carbons (Fsp3) is 0.625. The Balaban J connectivity index is 2.00. The van der Waals surface area contributed by atoms with Crippen molar-refractivity contribution in [2.75, 3.05) is 26.8 Å². The molecule has 0 amide bonds. The van der Waals surface area contributed by atoms with Crippen LogP contribution in [0.5, 0.6) is 0 Å². The lowest BCUT2D eigenvalue weighted by Crippen LogP contribution is -2.37. The topological polar surface area (TPSA) is 21.3 Å². The molecular weight excluding hydrogens is 293 g/mol. The van der Waals surface area contributed by atoms with E-state index in [0.29, 0.717) is 5.02 Å². The molecule has 2 rings (SSSR count). The maximum absolute atomic E-state index is 6.32. The molecule has 0 aromatic heterocycles. The summed E-state index contributed by atoms with van der Waals surface area (Å²) in [6, 6.07) is 5.82. The third-order valence-electron chi connectivity index (χ3n) is 4.18. The van der Waals surface area contributed by atoms with Gasteiger partial charge in [-0.3, -0.25) is 0 Å². The van der Waals surface area contributed by atoms with Crippen LogP contribution >= 0.6 is 23.2 Å². The molecule has 1 N–H and O–H groups in total. The van der Waals surface area contributed by atoms with E-state index in [2.05, 4.69) is 18.3 Å². The largest absolute Gasteiger partial charge is 0.383 e. The number of rotatable bonds is 8. The van der Waals surface area contributed by atoms with Gasteiger partial charge in [0.05, 0.1) is 6.61 Å². The van der Waals surface area contributed by atoms with Gasteiger partial charge >= 0.3 is 0 Å². The Morgan fingerprint density at radius 3 is 2.70 bits per heavy atom. The lowest BCUT2D eigenvalue weighted by molar-refractivity contribution is 0.187. The number of halogens is 2. The van der Waals surface area contributed by atoms with E-state index in [4.69, 9.17) is 27.9 Å². The van der Waals surface area contributed by atoms with Gasteiger partial charge in [-0.25, -0.2) is 0 Å². The maximum atomic E-state index is 6.32. The van der Waals surface area contributed by atoms with Crippen molar-refractivity contribution in [3.05, 3.63) is 33.8 Å². The highest BCUT2D eigenvalue weighted by Gasteiger charge is 2.41. The normalized spacial score (nSPS) is 18.0. The second-order valence-corrected chi connectivity index (χ2v) is 6.85. The van der Waals surface area contributed by atoms with Gasteiger partial charge in [0.25, 0.3) is 0 Å². The first-order valence-corrected chi connectivity index (χ1v) is 7.94. The predicted molar refractivity (Wildman–Crippen MR) is 85.7 cm³/mol. The summed E-state index contributed by atoms with van der Waals surface area (Å²) in [6.07, 6.45) is 3.65. The molecule has 1 atom stereocenters. The Morgan fingerprint density at radius 1 is 1.35 bits per heavy atom. The standard InChI is InChI=1S/C16H23Cl2NO/c1-16(13-4-5-13,11-19-7-8-20-2)10-12-3-6-14(17)9-15(12)18/h3,6,9,13,19H,4-5,7-8,10-11H2,1-2H3. The molecule has 0 saturated heterocycles. The number of methoxy groups -OCH3 is 1. The summed E-state index contributed by atoms with van der Waals surface area (Å²) in [4.78, 5) is 0. The molecule has 1 unspecified atom stereocenters. The molecule has 1 fully saturated rings. The van der Waals surface area contributed by atoms with E-state index in [1.165, 1.54) is 18.4 Å². The Morgan fingerprint density at radius 2 is 2.10 bits per heavy atom. The molecule has 0 heterocycles. The minimum atomic E-state index is 0.255. The molecule has 0 radical (unpaired) electrons. The molecule has 20 heavy (non-hydrogen) atoms. The minimum absolute atomic E-state index is 0.255. The smallest absolute Gasteiger partial charge is 0.0587 e. The zero-order chi connectivity index (χ0) is 14.6. The first-order chi connectivity index (χ1) is 9.55. The summed E-state index contributed by atoms with van der Waals surface area (Å²) in [5, 5.41) is 4.98. The molecule has 1 saturated carbocycles. The second-order valence-electron chi connectivity index (χ2n) is 6.01. The quantitative estimate of drug-likeness (QED) is 0.726. The van der Waals surface area contributed by atoms with Gasteiger partial charge in [0.1, 0.15) is 0 Å². The van der Waals surface area contributed by atoms with Crippen molar-refractivity contribution >= 4 is 23.2 Å². The van der Waals surface area contributed by atoms with Gasteiger partial charge in [-0.2, -0.15) is 0 Å². The molecule has 2 nitrogen and oxygen atoms in total. The van der Waals surface area contributed by atoms with E-state index in [1.807, 2.05) is 12.1 Å². The summed E-state index contributed by atoms with van der Waals surface area (Å²) in [7, 11) is 1.73. The third-order valence-corrected chi connectivity index (χ3v) is 4.77. The van der Waals surface area contributed by atoms with Crippen LogP contribution in [0, 0.1) is 11.3 Å². The second kappa shape index (κ2) is 7.13. The molecule has 1 aliphatic carbocycles. The van der Waals surface area contributed by atoms with Gasteiger partial charge in [-0.05, 0) is 48.3 Å². The fourth-order valence-corrected chi connectivity index (χ4v) is 3.26. The van der Waals surface area contributed by atoms with Crippen molar-refractivity contribution in [1.29, 1.82) is 0 Å².